The lowest BCUT2D eigenvalue weighted by molar-refractivity contribution is -0.134. The first kappa shape index (κ1) is 21.2. The van der Waals surface area contributed by atoms with Crippen molar-refractivity contribution in [3.05, 3.63) is 72.1 Å². The third-order valence-electron chi connectivity index (χ3n) is 4.14. The van der Waals surface area contributed by atoms with Gasteiger partial charge in [0.2, 0.25) is 0 Å². The van der Waals surface area contributed by atoms with Crippen LogP contribution in [0.15, 0.2) is 66.0 Å². The van der Waals surface area contributed by atoms with E-state index in [-0.39, 0.29) is 5.75 Å². The Morgan fingerprint density at radius 1 is 1.07 bits per heavy atom. The van der Waals surface area contributed by atoms with Crippen molar-refractivity contribution in [2.75, 3.05) is 20.5 Å². The molecule has 30 heavy (non-hydrogen) atoms. The van der Waals surface area contributed by atoms with Crippen molar-refractivity contribution in [3.8, 4) is 17.2 Å². The summed E-state index contributed by atoms with van der Waals surface area (Å²) in [5.41, 5.74) is 1.79. The zero-order valence-electron chi connectivity index (χ0n) is 16.7. The summed E-state index contributed by atoms with van der Waals surface area (Å²) in [4.78, 5) is 28.5. The van der Waals surface area contributed by atoms with Gasteiger partial charge in [0.05, 0.1) is 20.4 Å². The summed E-state index contributed by atoms with van der Waals surface area (Å²) >= 11 is 1.43. The Kier molecular flexibility index (Phi) is 6.92. The molecule has 0 bridgehead atoms. The molecule has 3 rings (SSSR count). The second kappa shape index (κ2) is 9.80. The highest BCUT2D eigenvalue weighted by atomic mass is 32.2. The van der Waals surface area contributed by atoms with Crippen molar-refractivity contribution in [2.24, 2.45) is 0 Å². The monoisotopic (exact) mass is 424 g/mol. The standard InChI is InChI=1S/C22H20N2O5S/c1-27-19-13-15(10-12-20(25)28-2)9-11-18(19)29-21(26)17-14-23-22(30-3)24(17)16-7-5-4-6-8-16/h4-14H,1-3H3/b12-10+. The van der Waals surface area contributed by atoms with Gasteiger partial charge in [-0.1, -0.05) is 36.0 Å². The third-order valence-corrected chi connectivity index (χ3v) is 4.79. The van der Waals surface area contributed by atoms with Gasteiger partial charge in [-0.15, -0.1) is 0 Å². The lowest BCUT2D eigenvalue weighted by atomic mass is 10.2. The van der Waals surface area contributed by atoms with Gasteiger partial charge in [-0.05, 0) is 42.2 Å². The minimum atomic E-state index is -0.567. The number of hydrogen-bond donors (Lipinski definition) is 0. The molecule has 0 saturated heterocycles. The largest absolute Gasteiger partial charge is 0.493 e. The molecule has 0 unspecified atom stereocenters. The Morgan fingerprint density at radius 2 is 1.83 bits per heavy atom. The molecule has 7 nitrogen and oxygen atoms in total. The Labute approximate surface area is 178 Å². The lowest BCUT2D eigenvalue weighted by Gasteiger charge is -2.12. The zero-order chi connectivity index (χ0) is 21.5. The Hall–Kier alpha value is -3.52. The molecule has 0 spiro atoms. The van der Waals surface area contributed by atoms with Crippen LogP contribution in [0.3, 0.4) is 0 Å². The van der Waals surface area contributed by atoms with Crippen molar-refractivity contribution in [2.45, 2.75) is 5.16 Å². The number of methoxy groups -OCH3 is 2. The van der Waals surface area contributed by atoms with Crippen LogP contribution in [-0.4, -0.2) is 42.0 Å². The number of ether oxygens (including phenoxy) is 3. The van der Waals surface area contributed by atoms with Crippen molar-refractivity contribution in [1.82, 2.24) is 9.55 Å². The molecular formula is C22H20N2O5S. The van der Waals surface area contributed by atoms with E-state index in [1.807, 2.05) is 36.6 Å². The highest BCUT2D eigenvalue weighted by Gasteiger charge is 2.21. The predicted molar refractivity (Wildman–Crippen MR) is 114 cm³/mol. The van der Waals surface area contributed by atoms with Gasteiger partial charge in [0, 0.05) is 11.8 Å². The quantitative estimate of drug-likeness (QED) is 0.245. The number of esters is 2. The molecule has 3 aromatic rings. The Bertz CT molecular complexity index is 1080. The number of para-hydroxylation sites is 1. The number of carbonyl (C=O) groups excluding carboxylic acids is 2. The van der Waals surface area contributed by atoms with Gasteiger partial charge >= 0.3 is 11.9 Å². The number of nitrogens with zero attached hydrogens (tertiary/aromatic N) is 2. The number of carbonyl (C=O) groups is 2. The number of imidazole rings is 1. The minimum Gasteiger partial charge on any atom is -0.493 e. The highest BCUT2D eigenvalue weighted by Crippen LogP contribution is 2.30. The van der Waals surface area contributed by atoms with Gasteiger partial charge in [-0.2, -0.15) is 0 Å². The summed E-state index contributed by atoms with van der Waals surface area (Å²) in [5.74, 6) is -0.429. The molecule has 2 aromatic carbocycles. The molecule has 8 heteroatoms. The SMILES string of the molecule is COC(=O)/C=C/c1ccc(OC(=O)c2cnc(SC)n2-c2ccccc2)c(OC)c1. The first-order valence-corrected chi connectivity index (χ1v) is 10.1. The number of thioether (sulfide) groups is 1. The second-order valence-electron chi connectivity index (χ2n) is 5.96. The zero-order valence-corrected chi connectivity index (χ0v) is 17.5. The van der Waals surface area contributed by atoms with Crippen molar-refractivity contribution < 1.29 is 23.8 Å². The van der Waals surface area contributed by atoms with Gasteiger partial charge in [0.15, 0.2) is 22.3 Å². The maximum atomic E-state index is 12.9. The minimum absolute atomic E-state index is 0.254. The van der Waals surface area contributed by atoms with Crippen molar-refractivity contribution in [3.63, 3.8) is 0 Å². The molecule has 0 aliphatic carbocycles. The van der Waals surface area contributed by atoms with Crippen molar-refractivity contribution >= 4 is 29.8 Å². The molecule has 1 aromatic heterocycles. The number of rotatable bonds is 7. The Balaban J connectivity index is 1.89. The van der Waals surface area contributed by atoms with E-state index in [1.54, 1.807) is 28.8 Å². The molecule has 0 fully saturated rings. The molecule has 0 radical (unpaired) electrons. The average Bonchev–Trinajstić information content (AvgIpc) is 3.23. The van der Waals surface area contributed by atoms with Gasteiger partial charge in [0.1, 0.15) is 0 Å². The van der Waals surface area contributed by atoms with Crippen LogP contribution in [-0.2, 0) is 9.53 Å². The molecule has 154 valence electrons. The summed E-state index contributed by atoms with van der Waals surface area (Å²) in [6.07, 6.45) is 6.25. The van der Waals surface area contributed by atoms with Crippen LogP contribution < -0.4 is 9.47 Å². The summed E-state index contributed by atoms with van der Waals surface area (Å²) in [7, 11) is 2.78. The Morgan fingerprint density at radius 3 is 2.50 bits per heavy atom. The number of aromatic nitrogens is 2. The van der Waals surface area contributed by atoms with Crippen molar-refractivity contribution in [1.29, 1.82) is 0 Å². The normalized spacial score (nSPS) is 10.8. The van der Waals surface area contributed by atoms with E-state index < -0.39 is 11.9 Å². The smallest absolute Gasteiger partial charge is 0.362 e. The lowest BCUT2D eigenvalue weighted by Crippen LogP contribution is -2.14. The van der Waals surface area contributed by atoms with Gasteiger partial charge < -0.3 is 14.2 Å². The van der Waals surface area contributed by atoms with Gasteiger partial charge in [-0.25, -0.2) is 14.6 Å². The fourth-order valence-corrected chi connectivity index (χ4v) is 3.25. The molecule has 1 heterocycles. The maximum absolute atomic E-state index is 12.9. The molecule has 0 aliphatic heterocycles. The van der Waals surface area contributed by atoms with Crippen LogP contribution in [0.4, 0.5) is 0 Å². The molecule has 0 saturated carbocycles. The van der Waals surface area contributed by atoms with Crippen LogP contribution in [0.2, 0.25) is 0 Å². The summed E-state index contributed by atoms with van der Waals surface area (Å²) in [5, 5.41) is 0.670. The first-order chi connectivity index (χ1) is 14.6. The van der Waals surface area contributed by atoms with Crippen LogP contribution in [0.1, 0.15) is 16.1 Å². The van der Waals surface area contributed by atoms with Crippen LogP contribution in [0, 0.1) is 0 Å². The summed E-state index contributed by atoms with van der Waals surface area (Å²) in [6, 6.07) is 14.4. The van der Waals surface area contributed by atoms with Crippen LogP contribution in [0.25, 0.3) is 11.8 Å². The van der Waals surface area contributed by atoms with E-state index in [9.17, 15) is 9.59 Å². The van der Waals surface area contributed by atoms with E-state index in [1.165, 1.54) is 38.3 Å². The topological polar surface area (TPSA) is 79.7 Å². The summed E-state index contributed by atoms with van der Waals surface area (Å²) < 4.78 is 17.3. The number of hydrogen-bond acceptors (Lipinski definition) is 7. The van der Waals surface area contributed by atoms with E-state index in [4.69, 9.17) is 9.47 Å². The fourth-order valence-electron chi connectivity index (χ4n) is 2.71. The van der Waals surface area contributed by atoms with E-state index in [0.717, 1.165) is 5.69 Å². The molecule has 0 atom stereocenters. The predicted octanol–water partition coefficient (Wildman–Crippen LogP) is 4.01. The maximum Gasteiger partial charge on any atom is 0.362 e. The first-order valence-electron chi connectivity index (χ1n) is 8.90. The molecule has 0 N–H and O–H groups in total. The number of benzene rings is 2. The molecular weight excluding hydrogens is 404 g/mol. The average molecular weight is 424 g/mol. The van der Waals surface area contributed by atoms with Crippen LogP contribution >= 0.6 is 11.8 Å². The van der Waals surface area contributed by atoms with Crippen LogP contribution in [0.5, 0.6) is 11.5 Å². The van der Waals surface area contributed by atoms with E-state index in [0.29, 0.717) is 22.2 Å². The van der Waals surface area contributed by atoms with E-state index in [2.05, 4.69) is 9.72 Å². The summed E-state index contributed by atoms with van der Waals surface area (Å²) in [6.45, 7) is 0. The van der Waals surface area contributed by atoms with E-state index >= 15 is 0 Å². The van der Waals surface area contributed by atoms with Gasteiger partial charge in [0.25, 0.3) is 0 Å². The van der Waals surface area contributed by atoms with Gasteiger partial charge in [-0.3, -0.25) is 4.57 Å². The second-order valence-corrected chi connectivity index (χ2v) is 6.73. The molecule has 0 amide bonds. The third kappa shape index (κ3) is 4.72. The highest BCUT2D eigenvalue weighted by molar-refractivity contribution is 7.98. The molecule has 0 aliphatic rings. The fraction of sp³-hybridized carbons (Fsp3) is 0.136.